The molecule has 1 aromatic carbocycles. The summed E-state index contributed by atoms with van der Waals surface area (Å²) < 4.78 is 0. The molecule has 4 aromatic rings. The van der Waals surface area contributed by atoms with Crippen LogP contribution in [0.15, 0.2) is 42.9 Å². The van der Waals surface area contributed by atoms with Gasteiger partial charge in [0.05, 0.1) is 18.1 Å². The van der Waals surface area contributed by atoms with E-state index in [2.05, 4.69) is 45.6 Å². The SMILES string of the molecule is Clc1cc(Cl)cc(CCNc2nccc(-c3ncc(N4CCC(c5cn[nH]n5)C4)[nH]3)n2)c1. The summed E-state index contributed by atoms with van der Waals surface area (Å²) in [6, 6.07) is 7.37. The molecule has 0 spiro atoms. The first-order valence-corrected chi connectivity index (χ1v) is 11.1. The fourth-order valence-corrected chi connectivity index (χ4v) is 4.45. The van der Waals surface area contributed by atoms with Crippen LogP contribution in [0.5, 0.6) is 0 Å². The smallest absolute Gasteiger partial charge is 0.223 e. The topological polar surface area (TPSA) is 111 Å². The van der Waals surface area contributed by atoms with E-state index in [4.69, 9.17) is 23.2 Å². The van der Waals surface area contributed by atoms with Gasteiger partial charge in [-0.1, -0.05) is 23.2 Å². The van der Waals surface area contributed by atoms with Crippen molar-refractivity contribution in [1.29, 1.82) is 0 Å². The second kappa shape index (κ2) is 9.13. The van der Waals surface area contributed by atoms with Crippen molar-refractivity contribution in [3.05, 3.63) is 64.2 Å². The van der Waals surface area contributed by atoms with E-state index in [1.54, 1.807) is 18.5 Å². The fraction of sp³-hybridized carbons (Fsp3) is 0.286. The highest BCUT2D eigenvalue weighted by molar-refractivity contribution is 6.34. The van der Waals surface area contributed by atoms with Gasteiger partial charge in [0.15, 0.2) is 5.82 Å². The first-order chi connectivity index (χ1) is 15.6. The molecule has 0 amide bonds. The molecular weight excluding hydrogens is 449 g/mol. The molecule has 5 rings (SSSR count). The number of nitrogens with one attached hydrogen (secondary N) is 3. The summed E-state index contributed by atoms with van der Waals surface area (Å²) in [4.78, 5) is 19.1. The van der Waals surface area contributed by atoms with Gasteiger partial charge in [-0.2, -0.15) is 15.4 Å². The molecule has 0 aliphatic carbocycles. The quantitative estimate of drug-likeness (QED) is 0.375. The molecule has 164 valence electrons. The standard InChI is InChI=1S/C21H21Cl2N9/c22-15-7-13(8-16(23)9-15)1-4-24-21-25-5-2-17(28-21)20-26-11-19(29-20)32-6-3-14(12-32)18-10-27-31-30-18/h2,5,7-11,14H,1,3-4,6,12H2,(H,26,29)(H,24,25,28)(H,27,30,31). The zero-order valence-corrected chi connectivity index (χ0v) is 18.6. The maximum atomic E-state index is 6.07. The molecule has 9 nitrogen and oxygen atoms in total. The van der Waals surface area contributed by atoms with Gasteiger partial charge in [0.1, 0.15) is 11.5 Å². The summed E-state index contributed by atoms with van der Waals surface area (Å²) in [7, 11) is 0. The van der Waals surface area contributed by atoms with E-state index in [1.807, 2.05) is 24.4 Å². The number of hydrogen-bond donors (Lipinski definition) is 3. The molecule has 11 heteroatoms. The van der Waals surface area contributed by atoms with Crippen LogP contribution < -0.4 is 10.2 Å². The van der Waals surface area contributed by atoms with Gasteiger partial charge in [0, 0.05) is 41.8 Å². The van der Waals surface area contributed by atoms with E-state index in [0.29, 0.717) is 34.3 Å². The van der Waals surface area contributed by atoms with Gasteiger partial charge in [0.2, 0.25) is 5.95 Å². The van der Waals surface area contributed by atoms with E-state index >= 15 is 0 Å². The summed E-state index contributed by atoms with van der Waals surface area (Å²) in [5.74, 6) is 2.58. The molecule has 1 atom stereocenters. The summed E-state index contributed by atoms with van der Waals surface area (Å²) in [5, 5.41) is 15.3. The third-order valence-corrected chi connectivity index (χ3v) is 5.90. The maximum Gasteiger partial charge on any atom is 0.223 e. The van der Waals surface area contributed by atoms with Crippen molar-refractivity contribution >= 4 is 35.0 Å². The van der Waals surface area contributed by atoms with Gasteiger partial charge >= 0.3 is 0 Å². The Morgan fingerprint density at radius 2 is 2.00 bits per heavy atom. The van der Waals surface area contributed by atoms with E-state index in [1.165, 1.54) is 0 Å². The molecule has 32 heavy (non-hydrogen) atoms. The molecule has 0 saturated carbocycles. The van der Waals surface area contributed by atoms with Gasteiger partial charge in [0.25, 0.3) is 0 Å². The summed E-state index contributed by atoms with van der Waals surface area (Å²) >= 11 is 12.1. The van der Waals surface area contributed by atoms with Crippen molar-refractivity contribution in [3.8, 4) is 11.5 Å². The third kappa shape index (κ3) is 4.68. The second-order valence-corrected chi connectivity index (χ2v) is 8.54. The minimum Gasteiger partial charge on any atom is -0.356 e. The van der Waals surface area contributed by atoms with Crippen LogP contribution in [0.2, 0.25) is 10.0 Å². The van der Waals surface area contributed by atoms with Crippen LogP contribution in [0.25, 0.3) is 11.5 Å². The number of benzene rings is 1. The highest BCUT2D eigenvalue weighted by Crippen LogP contribution is 2.29. The number of hydrogen-bond acceptors (Lipinski definition) is 7. The van der Waals surface area contributed by atoms with Gasteiger partial charge in [-0.15, -0.1) is 0 Å². The number of imidazole rings is 1. The number of H-pyrrole nitrogens is 2. The van der Waals surface area contributed by atoms with Crippen LogP contribution in [0.4, 0.5) is 11.8 Å². The van der Waals surface area contributed by atoms with E-state index in [0.717, 1.165) is 48.7 Å². The van der Waals surface area contributed by atoms with Crippen LogP contribution in [-0.2, 0) is 6.42 Å². The molecule has 1 aliphatic rings. The molecule has 3 N–H and O–H groups in total. The van der Waals surface area contributed by atoms with E-state index in [9.17, 15) is 0 Å². The molecule has 1 fully saturated rings. The monoisotopic (exact) mass is 469 g/mol. The van der Waals surface area contributed by atoms with Crippen molar-refractivity contribution in [2.24, 2.45) is 0 Å². The lowest BCUT2D eigenvalue weighted by atomic mass is 10.1. The maximum absolute atomic E-state index is 6.07. The average molecular weight is 470 g/mol. The number of nitrogens with zero attached hydrogens (tertiary/aromatic N) is 6. The van der Waals surface area contributed by atoms with Crippen molar-refractivity contribution in [3.63, 3.8) is 0 Å². The first kappa shape index (κ1) is 20.7. The van der Waals surface area contributed by atoms with E-state index < -0.39 is 0 Å². The van der Waals surface area contributed by atoms with Crippen LogP contribution >= 0.6 is 23.2 Å². The number of rotatable bonds is 7. The first-order valence-electron chi connectivity index (χ1n) is 10.3. The van der Waals surface area contributed by atoms with Gasteiger partial charge in [-0.05, 0) is 42.7 Å². The lowest BCUT2D eigenvalue weighted by Crippen LogP contribution is -2.19. The Balaban J connectivity index is 1.21. The number of aromatic nitrogens is 7. The van der Waals surface area contributed by atoms with Crippen LogP contribution in [0.3, 0.4) is 0 Å². The van der Waals surface area contributed by atoms with Gasteiger partial charge < -0.3 is 15.2 Å². The Labute approximate surface area is 194 Å². The molecule has 0 radical (unpaired) electrons. The van der Waals surface area contributed by atoms with Gasteiger partial charge in [-0.25, -0.2) is 15.0 Å². The number of halogens is 2. The minimum absolute atomic E-state index is 0.365. The Kier molecular flexibility index (Phi) is 5.91. The predicted molar refractivity (Wildman–Crippen MR) is 124 cm³/mol. The normalized spacial score (nSPS) is 15.9. The second-order valence-electron chi connectivity index (χ2n) is 7.66. The highest BCUT2D eigenvalue weighted by atomic mass is 35.5. The Morgan fingerprint density at radius 3 is 2.81 bits per heavy atom. The van der Waals surface area contributed by atoms with Crippen LogP contribution in [-0.4, -0.2) is 55.0 Å². The highest BCUT2D eigenvalue weighted by Gasteiger charge is 2.27. The Bertz CT molecular complexity index is 1170. The summed E-state index contributed by atoms with van der Waals surface area (Å²) in [6.45, 7) is 2.46. The Morgan fingerprint density at radius 1 is 1.12 bits per heavy atom. The van der Waals surface area contributed by atoms with Crippen molar-refractivity contribution in [2.45, 2.75) is 18.8 Å². The Hall–Kier alpha value is -3.17. The van der Waals surface area contributed by atoms with Gasteiger partial charge in [-0.3, -0.25) is 0 Å². The summed E-state index contributed by atoms with van der Waals surface area (Å²) in [6.07, 6.45) is 7.14. The summed E-state index contributed by atoms with van der Waals surface area (Å²) in [5.41, 5.74) is 2.78. The van der Waals surface area contributed by atoms with Crippen LogP contribution in [0.1, 0.15) is 23.6 Å². The van der Waals surface area contributed by atoms with E-state index in [-0.39, 0.29) is 0 Å². The fourth-order valence-electron chi connectivity index (χ4n) is 3.88. The van der Waals surface area contributed by atoms with Crippen molar-refractivity contribution in [1.82, 2.24) is 35.3 Å². The number of aromatic amines is 2. The largest absolute Gasteiger partial charge is 0.356 e. The zero-order valence-electron chi connectivity index (χ0n) is 17.1. The molecule has 0 bridgehead atoms. The lowest BCUT2D eigenvalue weighted by molar-refractivity contribution is 0.736. The van der Waals surface area contributed by atoms with Crippen molar-refractivity contribution in [2.75, 3.05) is 29.9 Å². The number of anilines is 2. The average Bonchev–Trinajstić information content (AvgIpc) is 3.54. The lowest BCUT2D eigenvalue weighted by Gasteiger charge is -2.15. The molecule has 1 aliphatic heterocycles. The molecule has 3 aromatic heterocycles. The molecule has 1 saturated heterocycles. The molecular formula is C21H21Cl2N9. The zero-order chi connectivity index (χ0) is 21.9. The third-order valence-electron chi connectivity index (χ3n) is 5.46. The molecule has 1 unspecified atom stereocenters. The van der Waals surface area contributed by atoms with Crippen molar-refractivity contribution < 1.29 is 0 Å². The van der Waals surface area contributed by atoms with Crippen LogP contribution in [0, 0.1) is 0 Å². The molecule has 4 heterocycles. The predicted octanol–water partition coefficient (Wildman–Crippen LogP) is 3.94. The minimum atomic E-state index is 0.365.